The van der Waals surface area contributed by atoms with E-state index in [4.69, 9.17) is 0 Å². The summed E-state index contributed by atoms with van der Waals surface area (Å²) < 4.78 is 0. The number of carboxylic acids is 1. The summed E-state index contributed by atoms with van der Waals surface area (Å²) in [7, 11) is 0. The van der Waals surface area contributed by atoms with Gasteiger partial charge in [0.1, 0.15) is 0 Å². The van der Waals surface area contributed by atoms with Crippen molar-refractivity contribution in [1.82, 2.24) is 0 Å². The lowest BCUT2D eigenvalue weighted by molar-refractivity contribution is -0.310. The fraction of sp³-hybridized carbons (Fsp3) is 0.385. The summed E-state index contributed by atoms with van der Waals surface area (Å²) in [5.74, 6) is -1.98. The van der Waals surface area contributed by atoms with E-state index >= 15 is 0 Å². The van der Waals surface area contributed by atoms with E-state index in [1.807, 2.05) is 32.0 Å². The number of anilines is 1. The van der Waals surface area contributed by atoms with Gasteiger partial charge in [-0.3, -0.25) is 4.79 Å². The summed E-state index contributed by atoms with van der Waals surface area (Å²) in [5.41, 5.74) is 2.91. The highest BCUT2D eigenvalue weighted by Gasteiger charge is 2.32. The van der Waals surface area contributed by atoms with E-state index in [9.17, 15) is 14.7 Å². The van der Waals surface area contributed by atoms with Crippen LogP contribution in [0.15, 0.2) is 18.2 Å². The molecule has 2 rings (SSSR count). The van der Waals surface area contributed by atoms with Gasteiger partial charge in [-0.1, -0.05) is 12.1 Å². The van der Waals surface area contributed by atoms with Crippen LogP contribution in [0.1, 0.15) is 17.5 Å². The first kappa shape index (κ1) is 11.6. The zero-order chi connectivity index (χ0) is 12.6. The molecular weight excluding hydrogens is 218 g/mol. The zero-order valence-corrected chi connectivity index (χ0v) is 9.90. The van der Waals surface area contributed by atoms with Crippen LogP contribution in [0.2, 0.25) is 0 Å². The Morgan fingerprint density at radius 1 is 1.41 bits per heavy atom. The predicted molar refractivity (Wildman–Crippen MR) is 61.4 cm³/mol. The van der Waals surface area contributed by atoms with Crippen LogP contribution in [0.4, 0.5) is 5.69 Å². The van der Waals surface area contributed by atoms with Crippen molar-refractivity contribution in [3.05, 3.63) is 29.3 Å². The van der Waals surface area contributed by atoms with E-state index in [1.165, 1.54) is 0 Å². The Kier molecular flexibility index (Phi) is 2.88. The molecule has 17 heavy (non-hydrogen) atoms. The monoisotopic (exact) mass is 232 g/mol. The quantitative estimate of drug-likeness (QED) is 0.741. The van der Waals surface area contributed by atoms with Gasteiger partial charge in [0.15, 0.2) is 0 Å². The van der Waals surface area contributed by atoms with Crippen molar-refractivity contribution in [2.24, 2.45) is 5.92 Å². The number of amides is 1. The van der Waals surface area contributed by atoms with Crippen LogP contribution in [-0.4, -0.2) is 18.4 Å². The number of benzene rings is 1. The van der Waals surface area contributed by atoms with Crippen LogP contribution < -0.4 is 10.0 Å². The molecule has 4 heteroatoms. The summed E-state index contributed by atoms with van der Waals surface area (Å²) in [4.78, 5) is 24.1. The summed E-state index contributed by atoms with van der Waals surface area (Å²) in [6.45, 7) is 4.12. The molecule has 1 aromatic rings. The average molecular weight is 232 g/mol. The molecule has 0 spiro atoms. The number of aliphatic carboxylic acids is 1. The van der Waals surface area contributed by atoms with Gasteiger partial charge in [0.05, 0.1) is 0 Å². The number of carbonyl (C=O) groups excluding carboxylic acids is 2. The number of hydrogen-bond donors (Lipinski definition) is 0. The second kappa shape index (κ2) is 4.20. The number of nitrogens with zero attached hydrogens (tertiary/aromatic N) is 1. The standard InChI is InChI=1S/C13H15NO3/c1-8-4-3-5-11(9(8)2)14-7-10(13(16)17)6-12(14)15/h3-5,10H,6-7H2,1-2H3,(H,16,17)/p-1/t10-/m1/s1. The summed E-state index contributed by atoms with van der Waals surface area (Å²) in [6, 6.07) is 5.69. The van der Waals surface area contributed by atoms with Gasteiger partial charge in [-0.05, 0) is 31.0 Å². The Labute approximate surface area is 99.9 Å². The second-order valence-corrected chi connectivity index (χ2v) is 4.44. The Balaban J connectivity index is 2.32. The zero-order valence-electron chi connectivity index (χ0n) is 9.90. The third-order valence-corrected chi connectivity index (χ3v) is 3.33. The molecule has 0 radical (unpaired) electrons. The van der Waals surface area contributed by atoms with Crippen LogP contribution in [0.3, 0.4) is 0 Å². The van der Waals surface area contributed by atoms with Crippen molar-refractivity contribution in [3.8, 4) is 0 Å². The van der Waals surface area contributed by atoms with E-state index < -0.39 is 11.9 Å². The van der Waals surface area contributed by atoms with E-state index in [0.717, 1.165) is 16.8 Å². The van der Waals surface area contributed by atoms with Crippen molar-refractivity contribution in [1.29, 1.82) is 0 Å². The van der Waals surface area contributed by atoms with E-state index in [1.54, 1.807) is 4.90 Å². The molecular formula is C13H14NO3-. The molecule has 90 valence electrons. The predicted octanol–water partition coefficient (Wildman–Crippen LogP) is 0.406. The molecule has 0 aliphatic carbocycles. The molecule has 1 fully saturated rings. The minimum atomic E-state index is -1.15. The third-order valence-electron chi connectivity index (χ3n) is 3.33. The number of rotatable bonds is 2. The number of aryl methyl sites for hydroxylation is 1. The Morgan fingerprint density at radius 3 is 2.71 bits per heavy atom. The molecule has 0 bridgehead atoms. The number of carbonyl (C=O) groups is 2. The van der Waals surface area contributed by atoms with Crippen LogP contribution in [0.5, 0.6) is 0 Å². The fourth-order valence-electron chi connectivity index (χ4n) is 2.13. The van der Waals surface area contributed by atoms with E-state index in [2.05, 4.69) is 0 Å². The molecule has 1 heterocycles. The SMILES string of the molecule is Cc1cccc(N2C[C@H](C(=O)[O-])CC2=O)c1C. The van der Waals surface area contributed by atoms with Crippen molar-refractivity contribution in [2.45, 2.75) is 20.3 Å². The molecule has 1 aromatic carbocycles. The molecule has 0 N–H and O–H groups in total. The molecule has 1 amide bonds. The lowest BCUT2D eigenvalue weighted by Gasteiger charge is -2.20. The van der Waals surface area contributed by atoms with Crippen molar-refractivity contribution in [2.75, 3.05) is 11.4 Å². The van der Waals surface area contributed by atoms with Crippen molar-refractivity contribution >= 4 is 17.6 Å². The molecule has 1 aliphatic heterocycles. The maximum Gasteiger partial charge on any atom is 0.227 e. The fourth-order valence-corrected chi connectivity index (χ4v) is 2.13. The molecule has 0 saturated carbocycles. The van der Waals surface area contributed by atoms with E-state index in [0.29, 0.717) is 0 Å². The van der Waals surface area contributed by atoms with E-state index in [-0.39, 0.29) is 18.9 Å². The largest absolute Gasteiger partial charge is 0.550 e. The lowest BCUT2D eigenvalue weighted by atomic mass is 10.1. The highest BCUT2D eigenvalue weighted by Crippen LogP contribution is 2.28. The van der Waals surface area contributed by atoms with Crippen LogP contribution in [-0.2, 0) is 9.59 Å². The van der Waals surface area contributed by atoms with Gasteiger partial charge < -0.3 is 14.8 Å². The maximum absolute atomic E-state index is 11.8. The third kappa shape index (κ3) is 2.02. The Hall–Kier alpha value is -1.84. The Morgan fingerprint density at radius 2 is 2.12 bits per heavy atom. The first-order valence-electron chi connectivity index (χ1n) is 5.58. The second-order valence-electron chi connectivity index (χ2n) is 4.44. The molecule has 1 atom stereocenters. The molecule has 4 nitrogen and oxygen atoms in total. The van der Waals surface area contributed by atoms with Crippen molar-refractivity contribution in [3.63, 3.8) is 0 Å². The normalized spacial score (nSPS) is 19.8. The topological polar surface area (TPSA) is 60.4 Å². The van der Waals surface area contributed by atoms with Crippen molar-refractivity contribution < 1.29 is 14.7 Å². The first-order valence-corrected chi connectivity index (χ1v) is 5.58. The lowest BCUT2D eigenvalue weighted by Crippen LogP contribution is -2.33. The number of hydrogen-bond acceptors (Lipinski definition) is 3. The van der Waals surface area contributed by atoms with Crippen LogP contribution in [0.25, 0.3) is 0 Å². The minimum absolute atomic E-state index is 0.0374. The minimum Gasteiger partial charge on any atom is -0.550 e. The molecule has 1 aliphatic rings. The Bertz CT molecular complexity index is 482. The molecule has 1 saturated heterocycles. The van der Waals surface area contributed by atoms with Gasteiger partial charge in [-0.15, -0.1) is 0 Å². The van der Waals surface area contributed by atoms with Gasteiger partial charge in [0, 0.05) is 30.5 Å². The van der Waals surface area contributed by atoms with Gasteiger partial charge in [-0.2, -0.15) is 0 Å². The first-order chi connectivity index (χ1) is 8.00. The van der Waals surface area contributed by atoms with Gasteiger partial charge in [0.25, 0.3) is 0 Å². The summed E-state index contributed by atoms with van der Waals surface area (Å²) in [6.07, 6.45) is 0.0374. The average Bonchev–Trinajstić information content (AvgIpc) is 2.65. The smallest absolute Gasteiger partial charge is 0.227 e. The highest BCUT2D eigenvalue weighted by molar-refractivity contribution is 5.99. The number of carboxylic acid groups (broad SMARTS) is 1. The van der Waals surface area contributed by atoms with Gasteiger partial charge >= 0.3 is 0 Å². The summed E-state index contributed by atoms with van der Waals surface area (Å²) in [5, 5.41) is 10.8. The maximum atomic E-state index is 11.8. The van der Waals surface area contributed by atoms with Crippen LogP contribution >= 0.6 is 0 Å². The van der Waals surface area contributed by atoms with Gasteiger partial charge in [-0.25, -0.2) is 0 Å². The molecule has 0 unspecified atom stereocenters. The van der Waals surface area contributed by atoms with Gasteiger partial charge in [0.2, 0.25) is 5.91 Å². The van der Waals surface area contributed by atoms with Crippen LogP contribution in [0, 0.1) is 19.8 Å². The summed E-state index contributed by atoms with van der Waals surface area (Å²) >= 11 is 0. The molecule has 0 aromatic heterocycles. The highest BCUT2D eigenvalue weighted by atomic mass is 16.4.